The molecule has 0 spiro atoms. The Labute approximate surface area is 164 Å². The molecule has 0 N–H and O–H groups in total. The van der Waals surface area contributed by atoms with Gasteiger partial charge in [0.2, 0.25) is 15.8 Å². The normalized spacial score (nSPS) is 16.2. The molecular formula is C17H16F3N5O3S. The molecular weight excluding hydrogens is 411 g/mol. The maximum atomic E-state index is 12.7. The number of hydrogen-bond donors (Lipinski definition) is 0. The molecule has 1 aromatic carbocycles. The predicted molar refractivity (Wildman–Crippen MR) is 94.5 cm³/mol. The van der Waals surface area contributed by atoms with Gasteiger partial charge in [0.1, 0.15) is 4.90 Å². The van der Waals surface area contributed by atoms with E-state index in [1.165, 1.54) is 33.5 Å². The molecule has 1 fully saturated rings. The van der Waals surface area contributed by atoms with E-state index in [0.717, 1.165) is 19.3 Å². The molecule has 2 aromatic heterocycles. The molecule has 154 valence electrons. The van der Waals surface area contributed by atoms with Crippen LogP contribution in [0.15, 0.2) is 46.1 Å². The van der Waals surface area contributed by atoms with E-state index in [1.54, 1.807) is 12.1 Å². The first-order chi connectivity index (χ1) is 13.7. The molecule has 3 aromatic rings. The van der Waals surface area contributed by atoms with Crippen LogP contribution in [0.5, 0.6) is 0 Å². The Morgan fingerprint density at radius 2 is 1.72 bits per heavy atom. The van der Waals surface area contributed by atoms with Gasteiger partial charge in [0.05, 0.1) is 18.1 Å². The predicted octanol–water partition coefficient (Wildman–Crippen LogP) is 3.12. The molecule has 1 saturated heterocycles. The summed E-state index contributed by atoms with van der Waals surface area (Å²) in [5, 5.41) is 7.43. The molecule has 1 aliphatic heterocycles. The number of nitrogens with zero attached hydrogens (tertiary/aromatic N) is 5. The van der Waals surface area contributed by atoms with Crippen LogP contribution in [0.4, 0.5) is 13.2 Å². The zero-order valence-electron chi connectivity index (χ0n) is 15.0. The van der Waals surface area contributed by atoms with Crippen molar-refractivity contribution in [2.24, 2.45) is 0 Å². The molecule has 1 aliphatic rings. The monoisotopic (exact) mass is 427 g/mol. The minimum atomic E-state index is -4.71. The number of hydrogen-bond acceptors (Lipinski definition) is 6. The van der Waals surface area contributed by atoms with E-state index >= 15 is 0 Å². The highest BCUT2D eigenvalue weighted by atomic mass is 32.2. The molecule has 0 bridgehead atoms. The van der Waals surface area contributed by atoms with E-state index < -0.39 is 22.1 Å². The standard InChI is InChI=1S/C17H16F3N5O3S/c18-17(19,20)16-22-15(23-28-16)12-4-6-13(7-5-12)25-11-14(10-21-25)29(26,27)24-8-2-1-3-9-24/h4-7,10-11H,1-3,8-9H2. The molecule has 0 aliphatic carbocycles. The van der Waals surface area contributed by atoms with Crippen LogP contribution >= 0.6 is 0 Å². The van der Waals surface area contributed by atoms with Crippen molar-refractivity contribution in [3.8, 4) is 17.1 Å². The first-order valence-corrected chi connectivity index (χ1v) is 10.3. The van der Waals surface area contributed by atoms with Crippen molar-refractivity contribution < 1.29 is 26.1 Å². The summed E-state index contributed by atoms with van der Waals surface area (Å²) in [6.07, 6.45) is 0.669. The van der Waals surface area contributed by atoms with Gasteiger partial charge in [0, 0.05) is 18.7 Å². The van der Waals surface area contributed by atoms with Gasteiger partial charge in [-0.1, -0.05) is 11.6 Å². The molecule has 0 radical (unpaired) electrons. The lowest BCUT2D eigenvalue weighted by atomic mass is 10.2. The van der Waals surface area contributed by atoms with Crippen molar-refractivity contribution in [2.45, 2.75) is 30.3 Å². The highest BCUT2D eigenvalue weighted by Crippen LogP contribution is 2.29. The second kappa shape index (κ2) is 7.26. The third-order valence-electron chi connectivity index (χ3n) is 4.57. The van der Waals surface area contributed by atoms with E-state index in [4.69, 9.17) is 0 Å². The summed E-state index contributed by atoms with van der Waals surface area (Å²) in [4.78, 5) is 3.43. The van der Waals surface area contributed by atoms with E-state index in [-0.39, 0.29) is 10.7 Å². The summed E-state index contributed by atoms with van der Waals surface area (Å²) in [7, 11) is -3.60. The molecule has 29 heavy (non-hydrogen) atoms. The molecule has 8 nitrogen and oxygen atoms in total. The van der Waals surface area contributed by atoms with Crippen molar-refractivity contribution in [1.82, 2.24) is 24.2 Å². The van der Waals surface area contributed by atoms with Crippen molar-refractivity contribution in [1.29, 1.82) is 0 Å². The highest BCUT2D eigenvalue weighted by molar-refractivity contribution is 7.89. The summed E-state index contributed by atoms with van der Waals surface area (Å²) in [6.45, 7) is 0.986. The van der Waals surface area contributed by atoms with Crippen molar-refractivity contribution in [2.75, 3.05) is 13.1 Å². The van der Waals surface area contributed by atoms with Gasteiger partial charge in [-0.05, 0) is 37.1 Å². The minimum absolute atomic E-state index is 0.0939. The van der Waals surface area contributed by atoms with Crippen LogP contribution < -0.4 is 0 Å². The molecule has 12 heteroatoms. The van der Waals surface area contributed by atoms with E-state index in [0.29, 0.717) is 24.3 Å². The summed E-state index contributed by atoms with van der Waals surface area (Å²) >= 11 is 0. The largest absolute Gasteiger partial charge is 0.471 e. The number of piperidine rings is 1. The van der Waals surface area contributed by atoms with Crippen molar-refractivity contribution >= 4 is 10.0 Å². The fraction of sp³-hybridized carbons (Fsp3) is 0.353. The molecule has 0 atom stereocenters. The topological polar surface area (TPSA) is 94.1 Å². The van der Waals surface area contributed by atoms with Gasteiger partial charge in [0.15, 0.2) is 0 Å². The fourth-order valence-electron chi connectivity index (χ4n) is 3.05. The van der Waals surface area contributed by atoms with Crippen LogP contribution in [-0.4, -0.2) is 45.7 Å². The number of halogens is 3. The molecule has 0 saturated carbocycles. The Balaban J connectivity index is 1.55. The highest BCUT2D eigenvalue weighted by Gasteiger charge is 2.38. The maximum Gasteiger partial charge on any atom is 0.471 e. The van der Waals surface area contributed by atoms with Gasteiger partial charge >= 0.3 is 12.1 Å². The lowest BCUT2D eigenvalue weighted by molar-refractivity contribution is -0.159. The van der Waals surface area contributed by atoms with Gasteiger partial charge < -0.3 is 4.52 Å². The Hall–Kier alpha value is -2.73. The quantitative estimate of drug-likeness (QED) is 0.635. The molecule has 3 heterocycles. The third kappa shape index (κ3) is 3.90. The third-order valence-corrected chi connectivity index (χ3v) is 6.42. The summed E-state index contributed by atoms with van der Waals surface area (Å²) < 4.78 is 70.2. The minimum Gasteiger partial charge on any atom is -0.329 e. The first kappa shape index (κ1) is 19.6. The molecule has 0 amide bonds. The van der Waals surface area contributed by atoms with Gasteiger partial charge in [-0.15, -0.1) is 0 Å². The van der Waals surface area contributed by atoms with Crippen molar-refractivity contribution in [3.63, 3.8) is 0 Å². The van der Waals surface area contributed by atoms with Crippen LogP contribution in [-0.2, 0) is 16.2 Å². The average molecular weight is 427 g/mol. The zero-order chi connectivity index (χ0) is 20.6. The van der Waals surface area contributed by atoms with Crippen LogP contribution in [0.25, 0.3) is 17.1 Å². The van der Waals surface area contributed by atoms with Crippen LogP contribution in [0.1, 0.15) is 25.2 Å². The number of benzene rings is 1. The second-order valence-electron chi connectivity index (χ2n) is 6.55. The smallest absolute Gasteiger partial charge is 0.329 e. The maximum absolute atomic E-state index is 12.7. The number of rotatable bonds is 4. The van der Waals surface area contributed by atoms with E-state index in [1.807, 2.05) is 0 Å². The lowest BCUT2D eigenvalue weighted by Gasteiger charge is -2.25. The lowest BCUT2D eigenvalue weighted by Crippen LogP contribution is -2.35. The Kier molecular flexibility index (Phi) is 4.90. The van der Waals surface area contributed by atoms with Crippen molar-refractivity contribution in [3.05, 3.63) is 42.5 Å². The zero-order valence-corrected chi connectivity index (χ0v) is 15.8. The second-order valence-corrected chi connectivity index (χ2v) is 8.49. The van der Waals surface area contributed by atoms with Gasteiger partial charge in [-0.2, -0.15) is 27.6 Å². The van der Waals surface area contributed by atoms with Crippen LogP contribution in [0, 0.1) is 0 Å². The fourth-order valence-corrected chi connectivity index (χ4v) is 4.50. The van der Waals surface area contributed by atoms with E-state index in [9.17, 15) is 21.6 Å². The average Bonchev–Trinajstić information content (AvgIpc) is 3.39. The SMILES string of the molecule is O=S(=O)(c1cnn(-c2ccc(-c3noc(C(F)(F)F)n3)cc2)c1)N1CCCCC1. The number of sulfonamides is 1. The molecule has 0 unspecified atom stereocenters. The summed E-state index contributed by atoms with van der Waals surface area (Å²) in [6, 6.07) is 6.15. The first-order valence-electron chi connectivity index (χ1n) is 8.82. The van der Waals surface area contributed by atoms with Gasteiger partial charge in [-0.3, -0.25) is 0 Å². The van der Waals surface area contributed by atoms with Crippen LogP contribution in [0.2, 0.25) is 0 Å². The molecule has 4 rings (SSSR count). The number of aromatic nitrogens is 4. The Bertz CT molecular complexity index is 1100. The Morgan fingerprint density at radius 3 is 2.34 bits per heavy atom. The van der Waals surface area contributed by atoms with Gasteiger partial charge in [0.25, 0.3) is 0 Å². The van der Waals surface area contributed by atoms with Gasteiger partial charge in [-0.25, -0.2) is 13.1 Å². The summed E-state index contributed by atoms with van der Waals surface area (Å²) in [5.74, 6) is -1.62. The summed E-state index contributed by atoms with van der Waals surface area (Å²) in [5.41, 5.74) is 0.856. The van der Waals surface area contributed by atoms with Crippen LogP contribution in [0.3, 0.4) is 0 Å². The Morgan fingerprint density at radius 1 is 1.03 bits per heavy atom. The van der Waals surface area contributed by atoms with E-state index in [2.05, 4.69) is 19.8 Å². The number of alkyl halides is 3.